The van der Waals surface area contributed by atoms with Crippen LogP contribution in [0.3, 0.4) is 0 Å². The molecule has 7 nitrogen and oxygen atoms in total. The van der Waals surface area contributed by atoms with Gasteiger partial charge in [-0.2, -0.15) is 0 Å². The van der Waals surface area contributed by atoms with E-state index in [0.717, 1.165) is 10.4 Å². The minimum absolute atomic E-state index is 0.0200. The number of hydrogen-bond acceptors (Lipinski definition) is 7. The smallest absolute Gasteiger partial charge is 0.341 e. The van der Waals surface area contributed by atoms with E-state index >= 15 is 0 Å². The molecule has 0 radical (unpaired) electrons. The summed E-state index contributed by atoms with van der Waals surface area (Å²) in [6.07, 6.45) is 0. The third-order valence-electron chi connectivity index (χ3n) is 4.35. The molecule has 1 aromatic heterocycles. The normalized spacial score (nSPS) is 12.3. The van der Waals surface area contributed by atoms with Crippen LogP contribution in [0.1, 0.15) is 20.0 Å². The molecule has 1 aliphatic heterocycles. The molecule has 0 saturated heterocycles. The van der Waals surface area contributed by atoms with Crippen LogP contribution in [0.4, 0.5) is 5.69 Å². The Kier molecular flexibility index (Phi) is 5.09. The molecule has 0 fully saturated rings. The van der Waals surface area contributed by atoms with Crippen LogP contribution in [0.2, 0.25) is 0 Å². The molecule has 0 atom stereocenters. The summed E-state index contributed by atoms with van der Waals surface area (Å²) in [7, 11) is 1.22. The highest BCUT2D eigenvalue weighted by molar-refractivity contribution is 7.17. The molecule has 0 saturated carbocycles. The summed E-state index contributed by atoms with van der Waals surface area (Å²) in [5, 5.41) is 12.9. The van der Waals surface area contributed by atoms with Crippen LogP contribution in [-0.4, -0.2) is 37.3 Å². The third-order valence-corrected chi connectivity index (χ3v) is 5.48. The summed E-state index contributed by atoms with van der Waals surface area (Å²) < 4.78 is 15.8. The molecule has 4 rings (SSSR count). The molecule has 29 heavy (non-hydrogen) atoms. The second-order valence-electron chi connectivity index (χ2n) is 6.17. The molecule has 2 N–H and O–H groups in total. The van der Waals surface area contributed by atoms with E-state index in [1.807, 2.05) is 24.3 Å². The van der Waals surface area contributed by atoms with Crippen LogP contribution in [-0.2, 0) is 4.74 Å². The Balaban J connectivity index is 1.54. The molecule has 2 heterocycles. The summed E-state index contributed by atoms with van der Waals surface area (Å²) in [5.41, 5.74) is 1.02. The van der Waals surface area contributed by atoms with Crippen LogP contribution in [0, 0.1) is 0 Å². The number of phenols is 1. The van der Waals surface area contributed by atoms with Gasteiger partial charge in [-0.1, -0.05) is 6.07 Å². The molecule has 3 aromatic rings. The van der Waals surface area contributed by atoms with Crippen molar-refractivity contribution in [2.24, 2.45) is 0 Å². The number of carbonyl (C=O) groups excluding carboxylic acids is 2. The second kappa shape index (κ2) is 7.84. The van der Waals surface area contributed by atoms with Crippen molar-refractivity contribution < 1.29 is 28.9 Å². The van der Waals surface area contributed by atoms with Gasteiger partial charge >= 0.3 is 5.97 Å². The number of benzene rings is 2. The fourth-order valence-electron chi connectivity index (χ4n) is 2.91. The van der Waals surface area contributed by atoms with Crippen molar-refractivity contribution in [2.75, 3.05) is 25.6 Å². The van der Waals surface area contributed by atoms with Gasteiger partial charge in [-0.05, 0) is 48.0 Å². The summed E-state index contributed by atoms with van der Waals surface area (Å²) in [6, 6.07) is 13.7. The first kappa shape index (κ1) is 18.8. The zero-order chi connectivity index (χ0) is 20.4. The molecule has 8 heteroatoms. The van der Waals surface area contributed by atoms with Gasteiger partial charge in [0.1, 0.15) is 18.8 Å². The topological polar surface area (TPSA) is 94.1 Å². The van der Waals surface area contributed by atoms with Gasteiger partial charge in [0.05, 0.1) is 17.7 Å². The molecule has 2 aromatic carbocycles. The van der Waals surface area contributed by atoms with E-state index in [1.54, 1.807) is 12.1 Å². The number of para-hydroxylation sites is 1. The molecular weight excluding hydrogens is 394 g/mol. The minimum Gasteiger partial charge on any atom is -0.505 e. The van der Waals surface area contributed by atoms with Crippen LogP contribution >= 0.6 is 11.3 Å². The maximum absolute atomic E-state index is 12.6. The van der Waals surface area contributed by atoms with Gasteiger partial charge in [-0.3, -0.25) is 4.79 Å². The molecule has 0 unspecified atom stereocenters. The lowest BCUT2D eigenvalue weighted by Crippen LogP contribution is -2.15. The quantitative estimate of drug-likeness (QED) is 0.499. The van der Waals surface area contributed by atoms with Crippen molar-refractivity contribution in [3.8, 4) is 27.7 Å². The van der Waals surface area contributed by atoms with Crippen LogP contribution in [0.25, 0.3) is 10.4 Å². The van der Waals surface area contributed by atoms with Crippen LogP contribution in [0.5, 0.6) is 17.2 Å². The molecule has 148 valence electrons. The number of phenolic OH excluding ortho intramolecular Hbond substituents is 1. The van der Waals surface area contributed by atoms with E-state index in [1.165, 1.54) is 30.6 Å². The maximum Gasteiger partial charge on any atom is 0.341 e. The molecule has 0 spiro atoms. The average molecular weight is 411 g/mol. The number of aromatic hydroxyl groups is 1. The van der Waals surface area contributed by atoms with Crippen molar-refractivity contribution in [1.29, 1.82) is 0 Å². The van der Waals surface area contributed by atoms with E-state index in [-0.39, 0.29) is 17.0 Å². The lowest BCUT2D eigenvalue weighted by Gasteiger charge is -2.18. The number of esters is 1. The first-order chi connectivity index (χ1) is 14.1. The number of amides is 1. The van der Waals surface area contributed by atoms with E-state index in [2.05, 4.69) is 10.1 Å². The van der Waals surface area contributed by atoms with Crippen molar-refractivity contribution in [2.45, 2.75) is 0 Å². The first-order valence-electron chi connectivity index (χ1n) is 8.78. The highest BCUT2D eigenvalue weighted by Gasteiger charge is 2.18. The zero-order valence-electron chi connectivity index (χ0n) is 15.4. The van der Waals surface area contributed by atoms with Gasteiger partial charge in [-0.15, -0.1) is 11.3 Å². The van der Waals surface area contributed by atoms with E-state index in [9.17, 15) is 14.7 Å². The van der Waals surface area contributed by atoms with Crippen molar-refractivity contribution in [3.05, 3.63) is 59.0 Å². The number of anilines is 1. The number of rotatable bonds is 4. The van der Waals surface area contributed by atoms with Gasteiger partial charge in [0.2, 0.25) is 0 Å². The molecule has 1 aliphatic rings. The highest BCUT2D eigenvalue weighted by atomic mass is 32.1. The molecular formula is C21H17NO6S. The molecule has 0 bridgehead atoms. The average Bonchev–Trinajstić information content (AvgIpc) is 3.25. The first-order valence-corrected chi connectivity index (χ1v) is 9.60. The summed E-state index contributed by atoms with van der Waals surface area (Å²) >= 11 is 1.30. The monoisotopic (exact) mass is 411 g/mol. The third kappa shape index (κ3) is 3.74. The Labute approximate surface area is 170 Å². The Morgan fingerprint density at radius 3 is 2.66 bits per heavy atom. The van der Waals surface area contributed by atoms with Crippen LogP contribution < -0.4 is 14.8 Å². The van der Waals surface area contributed by atoms with E-state index in [4.69, 9.17) is 9.47 Å². The number of carbonyl (C=O) groups is 2. The zero-order valence-corrected chi connectivity index (χ0v) is 16.2. The fourth-order valence-corrected chi connectivity index (χ4v) is 3.81. The molecule has 0 aliphatic carbocycles. The van der Waals surface area contributed by atoms with Crippen molar-refractivity contribution in [3.63, 3.8) is 0 Å². The number of methoxy groups -OCH3 is 1. The lowest BCUT2D eigenvalue weighted by molar-refractivity contribution is 0.0597. The summed E-state index contributed by atoms with van der Waals surface area (Å²) in [5.74, 6) is -0.0313. The fraction of sp³-hybridized carbons (Fsp3) is 0.143. The largest absolute Gasteiger partial charge is 0.505 e. The SMILES string of the molecule is COC(=O)c1cccc(NC(=O)c2ccc(-c3ccc4c(c3)OCCO4)s2)c1O. The van der Waals surface area contributed by atoms with Gasteiger partial charge in [0.25, 0.3) is 5.91 Å². The lowest BCUT2D eigenvalue weighted by atomic mass is 10.1. The van der Waals surface area contributed by atoms with Gasteiger partial charge in [0.15, 0.2) is 17.2 Å². The Bertz CT molecular complexity index is 1090. The number of ether oxygens (including phenoxy) is 3. The van der Waals surface area contributed by atoms with Gasteiger partial charge in [-0.25, -0.2) is 4.79 Å². The second-order valence-corrected chi connectivity index (χ2v) is 7.25. The summed E-state index contributed by atoms with van der Waals surface area (Å²) in [4.78, 5) is 25.7. The van der Waals surface area contributed by atoms with Crippen molar-refractivity contribution in [1.82, 2.24) is 0 Å². The predicted molar refractivity (Wildman–Crippen MR) is 108 cm³/mol. The van der Waals surface area contributed by atoms with Crippen LogP contribution in [0.15, 0.2) is 48.5 Å². The number of hydrogen-bond donors (Lipinski definition) is 2. The molecule has 1 amide bonds. The summed E-state index contributed by atoms with van der Waals surface area (Å²) in [6.45, 7) is 1.03. The Morgan fingerprint density at radius 2 is 1.86 bits per heavy atom. The number of thiophene rings is 1. The standard InChI is InChI=1S/C21H17NO6S/c1-26-21(25)13-3-2-4-14(19(13)23)22-20(24)18-8-7-17(29-18)12-5-6-15-16(11-12)28-10-9-27-15/h2-8,11,23H,9-10H2,1H3,(H,22,24). The number of nitrogens with one attached hydrogen (secondary N) is 1. The number of fused-ring (bicyclic) bond motifs is 1. The van der Waals surface area contributed by atoms with Gasteiger partial charge < -0.3 is 24.6 Å². The Hall–Kier alpha value is -3.52. The van der Waals surface area contributed by atoms with Crippen molar-refractivity contribution >= 4 is 28.9 Å². The van der Waals surface area contributed by atoms with Gasteiger partial charge in [0, 0.05) is 4.88 Å². The highest BCUT2D eigenvalue weighted by Crippen LogP contribution is 2.37. The van der Waals surface area contributed by atoms with E-state index < -0.39 is 11.9 Å². The minimum atomic E-state index is -0.685. The van der Waals surface area contributed by atoms with E-state index in [0.29, 0.717) is 29.6 Å². The predicted octanol–water partition coefficient (Wildman–Crippen LogP) is 3.93. The maximum atomic E-state index is 12.6. The Morgan fingerprint density at radius 1 is 1.07 bits per heavy atom.